The second-order valence-electron chi connectivity index (χ2n) is 3.21. The highest BCUT2D eigenvalue weighted by molar-refractivity contribution is 5.75. The van der Waals surface area contributed by atoms with Gasteiger partial charge >= 0.3 is 5.97 Å². The number of hydrogen-bond donors (Lipinski definition) is 1. The van der Waals surface area contributed by atoms with Crippen molar-refractivity contribution >= 4 is 5.97 Å². The van der Waals surface area contributed by atoms with Crippen LogP contribution in [0.5, 0.6) is 0 Å². The summed E-state index contributed by atoms with van der Waals surface area (Å²) in [6.45, 7) is 8.32. The summed E-state index contributed by atoms with van der Waals surface area (Å²) in [5, 5.41) is 3.08. The van der Waals surface area contributed by atoms with Crippen molar-refractivity contribution in [2.75, 3.05) is 6.61 Å². The van der Waals surface area contributed by atoms with Crippen LogP contribution in [0.2, 0.25) is 0 Å². The van der Waals surface area contributed by atoms with E-state index in [1.165, 1.54) is 0 Å². The van der Waals surface area contributed by atoms with Crippen LogP contribution in [0.15, 0.2) is 0 Å². The summed E-state index contributed by atoms with van der Waals surface area (Å²) >= 11 is 0. The topological polar surface area (TPSA) is 38.3 Å². The summed E-state index contributed by atoms with van der Waals surface area (Å²) in [5.41, 5.74) is 0. The molecule has 0 spiro atoms. The van der Waals surface area contributed by atoms with E-state index in [1.54, 1.807) is 0 Å². The second kappa shape index (κ2) is 6.00. The molecule has 0 radical (unpaired) electrons. The van der Waals surface area contributed by atoms with Gasteiger partial charge in [-0.1, -0.05) is 20.8 Å². The molecule has 3 nitrogen and oxygen atoms in total. The van der Waals surface area contributed by atoms with Crippen molar-refractivity contribution in [3.8, 4) is 0 Å². The lowest BCUT2D eigenvalue weighted by Gasteiger charge is -2.15. The average Bonchev–Trinajstić information content (AvgIpc) is 1.98. The summed E-state index contributed by atoms with van der Waals surface area (Å²) in [7, 11) is 0. The molecule has 0 aromatic carbocycles. The highest BCUT2D eigenvalue weighted by Crippen LogP contribution is 1.91. The normalized spacial score (nSPS) is 13.1. The molecule has 1 N–H and O–H groups in total. The minimum Gasteiger partial charge on any atom is -0.465 e. The van der Waals surface area contributed by atoms with Gasteiger partial charge in [-0.2, -0.15) is 0 Å². The van der Waals surface area contributed by atoms with Gasteiger partial charge in [0.05, 0.1) is 6.61 Å². The highest BCUT2D eigenvalue weighted by Gasteiger charge is 2.13. The minimum absolute atomic E-state index is 0.162. The molecule has 0 bridgehead atoms. The maximum absolute atomic E-state index is 11.2. The number of hydrogen-bond acceptors (Lipinski definition) is 3. The first-order valence-electron chi connectivity index (χ1n) is 4.50. The summed E-state index contributed by atoms with van der Waals surface area (Å²) in [6, 6.07) is 0.116. The maximum atomic E-state index is 11.2. The van der Waals surface area contributed by atoms with Gasteiger partial charge in [0.15, 0.2) is 0 Å². The molecule has 12 heavy (non-hydrogen) atoms. The predicted octanol–water partition coefficient (Wildman–Crippen LogP) is 1.33. The third-order valence-corrected chi connectivity index (χ3v) is 1.39. The number of carbonyl (C=O) groups is 1. The number of esters is 1. The van der Waals surface area contributed by atoms with Gasteiger partial charge in [0, 0.05) is 6.04 Å². The zero-order valence-electron chi connectivity index (χ0n) is 8.39. The average molecular weight is 173 g/mol. The van der Waals surface area contributed by atoms with E-state index in [0.717, 1.165) is 6.42 Å². The van der Waals surface area contributed by atoms with Crippen LogP contribution in [-0.4, -0.2) is 24.7 Å². The van der Waals surface area contributed by atoms with E-state index in [-0.39, 0.29) is 12.0 Å². The molecule has 0 aliphatic carbocycles. The maximum Gasteiger partial charge on any atom is 0.322 e. The zero-order valence-corrected chi connectivity index (χ0v) is 8.39. The smallest absolute Gasteiger partial charge is 0.322 e. The van der Waals surface area contributed by atoms with E-state index in [0.29, 0.717) is 12.6 Å². The lowest BCUT2D eigenvalue weighted by Crippen LogP contribution is -2.39. The van der Waals surface area contributed by atoms with Crippen molar-refractivity contribution in [1.82, 2.24) is 5.32 Å². The minimum atomic E-state index is -0.198. The lowest BCUT2D eigenvalue weighted by molar-refractivity contribution is -0.145. The van der Waals surface area contributed by atoms with Gasteiger partial charge in [0.1, 0.15) is 6.04 Å². The van der Waals surface area contributed by atoms with Gasteiger partial charge < -0.3 is 10.1 Å². The Bertz CT molecular complexity index is 134. The van der Waals surface area contributed by atoms with Crippen molar-refractivity contribution in [3.63, 3.8) is 0 Å². The van der Waals surface area contributed by atoms with Crippen LogP contribution >= 0.6 is 0 Å². The summed E-state index contributed by atoms with van der Waals surface area (Å²) in [4.78, 5) is 11.2. The van der Waals surface area contributed by atoms with Crippen molar-refractivity contribution in [3.05, 3.63) is 0 Å². The van der Waals surface area contributed by atoms with Crippen LogP contribution in [-0.2, 0) is 9.53 Å². The van der Waals surface area contributed by atoms with Crippen LogP contribution in [0.1, 0.15) is 34.1 Å². The third kappa shape index (κ3) is 5.13. The molecule has 0 saturated carbocycles. The molecule has 1 unspecified atom stereocenters. The highest BCUT2D eigenvalue weighted by atomic mass is 16.5. The number of carbonyl (C=O) groups excluding carboxylic acids is 1. The lowest BCUT2D eigenvalue weighted by atomic mass is 10.3. The Balaban J connectivity index is 3.61. The Kier molecular flexibility index (Phi) is 5.72. The van der Waals surface area contributed by atoms with Gasteiger partial charge in [-0.25, -0.2) is 0 Å². The van der Waals surface area contributed by atoms with Crippen LogP contribution in [0.4, 0.5) is 0 Å². The Hall–Kier alpha value is -0.570. The molecule has 0 aliphatic heterocycles. The third-order valence-electron chi connectivity index (χ3n) is 1.39. The molecule has 0 aromatic heterocycles. The van der Waals surface area contributed by atoms with E-state index in [4.69, 9.17) is 4.74 Å². The molecule has 0 heterocycles. The van der Waals surface area contributed by atoms with Crippen molar-refractivity contribution < 1.29 is 9.53 Å². The van der Waals surface area contributed by atoms with Gasteiger partial charge in [-0.3, -0.25) is 4.79 Å². The fourth-order valence-corrected chi connectivity index (χ4v) is 0.896. The van der Waals surface area contributed by atoms with Gasteiger partial charge in [0.2, 0.25) is 0 Å². The van der Waals surface area contributed by atoms with Crippen molar-refractivity contribution in [2.24, 2.45) is 0 Å². The Labute approximate surface area is 74.5 Å². The number of nitrogens with one attached hydrogen (secondary N) is 1. The molecular weight excluding hydrogens is 154 g/mol. The van der Waals surface area contributed by atoms with E-state index >= 15 is 0 Å². The van der Waals surface area contributed by atoms with E-state index in [1.807, 2.05) is 27.7 Å². The molecule has 0 aromatic rings. The molecule has 0 saturated heterocycles. The number of rotatable bonds is 5. The van der Waals surface area contributed by atoms with Crippen LogP contribution < -0.4 is 5.32 Å². The van der Waals surface area contributed by atoms with Crippen LogP contribution in [0, 0.1) is 0 Å². The monoisotopic (exact) mass is 173 g/mol. The fourth-order valence-electron chi connectivity index (χ4n) is 0.896. The van der Waals surface area contributed by atoms with Gasteiger partial charge in [-0.05, 0) is 13.3 Å². The quantitative estimate of drug-likeness (QED) is 0.637. The Morgan fingerprint density at radius 2 is 2.00 bits per heavy atom. The van der Waals surface area contributed by atoms with Crippen molar-refractivity contribution in [2.45, 2.75) is 46.2 Å². The molecule has 1 atom stereocenters. The van der Waals surface area contributed by atoms with Crippen molar-refractivity contribution in [1.29, 1.82) is 0 Å². The standard InChI is InChI=1S/C9H19NO2/c1-5-6-12-9(11)8(4)10-7(2)3/h7-8,10H,5-6H2,1-4H3. The van der Waals surface area contributed by atoms with Gasteiger partial charge in [0.25, 0.3) is 0 Å². The Morgan fingerprint density at radius 1 is 1.42 bits per heavy atom. The molecule has 0 fully saturated rings. The molecule has 3 heteroatoms. The summed E-state index contributed by atoms with van der Waals surface area (Å²) in [5.74, 6) is -0.162. The van der Waals surface area contributed by atoms with Crippen LogP contribution in [0.3, 0.4) is 0 Å². The summed E-state index contributed by atoms with van der Waals surface area (Å²) < 4.78 is 4.95. The fraction of sp³-hybridized carbons (Fsp3) is 0.889. The molecule has 0 amide bonds. The molecular formula is C9H19NO2. The first kappa shape index (κ1) is 11.4. The predicted molar refractivity (Wildman–Crippen MR) is 49.0 cm³/mol. The summed E-state index contributed by atoms with van der Waals surface area (Å²) in [6.07, 6.45) is 0.875. The largest absolute Gasteiger partial charge is 0.465 e. The molecule has 0 rings (SSSR count). The zero-order chi connectivity index (χ0) is 9.56. The molecule has 0 aliphatic rings. The van der Waals surface area contributed by atoms with Crippen LogP contribution in [0.25, 0.3) is 0 Å². The van der Waals surface area contributed by atoms with E-state index in [9.17, 15) is 4.79 Å². The van der Waals surface area contributed by atoms with Gasteiger partial charge in [-0.15, -0.1) is 0 Å². The van der Waals surface area contributed by atoms with E-state index < -0.39 is 0 Å². The molecule has 72 valence electrons. The second-order valence-corrected chi connectivity index (χ2v) is 3.21. The van der Waals surface area contributed by atoms with E-state index in [2.05, 4.69) is 5.32 Å². The first-order valence-corrected chi connectivity index (χ1v) is 4.50. The number of ether oxygens (including phenoxy) is 1. The Morgan fingerprint density at radius 3 is 2.42 bits per heavy atom. The SMILES string of the molecule is CCCOC(=O)C(C)NC(C)C. The first-order chi connectivity index (χ1) is 5.57.